The monoisotopic (exact) mass is 250 g/mol. The van der Waals surface area contributed by atoms with Crippen molar-refractivity contribution in [2.45, 2.75) is 30.6 Å². The van der Waals surface area contributed by atoms with Gasteiger partial charge in [0.1, 0.15) is 24.4 Å². The van der Waals surface area contributed by atoms with Crippen molar-refractivity contribution >= 4 is 5.91 Å². The Morgan fingerprint density at radius 2 is 2.12 bits per heavy atom. The molecule has 8 nitrogen and oxygen atoms in total. The quantitative estimate of drug-likeness (QED) is 0.349. The van der Waals surface area contributed by atoms with Gasteiger partial charge >= 0.3 is 0 Å². The molecule has 8 heteroatoms. The summed E-state index contributed by atoms with van der Waals surface area (Å²) in [6, 6.07) is -0.936. The van der Waals surface area contributed by atoms with Crippen LogP contribution in [0, 0.1) is 0 Å². The van der Waals surface area contributed by atoms with E-state index in [-0.39, 0.29) is 6.54 Å². The molecule has 6 N–H and O–H groups in total. The Hall–Kier alpha value is -0.770. The molecule has 1 fully saturated rings. The van der Waals surface area contributed by atoms with E-state index >= 15 is 0 Å². The lowest BCUT2D eigenvalue weighted by atomic mass is 9.97. The third-order valence-electron chi connectivity index (χ3n) is 2.63. The Morgan fingerprint density at radius 3 is 2.59 bits per heavy atom. The van der Waals surface area contributed by atoms with E-state index < -0.39 is 43.2 Å². The van der Waals surface area contributed by atoms with E-state index in [0.717, 1.165) is 0 Å². The van der Waals surface area contributed by atoms with Crippen molar-refractivity contribution in [1.82, 2.24) is 5.32 Å². The summed E-state index contributed by atoms with van der Waals surface area (Å²) in [6.07, 6.45) is -4.53. The number of carbonyl (C=O) groups excluding carboxylic acids is 1. The van der Waals surface area contributed by atoms with Crippen molar-refractivity contribution in [2.75, 3.05) is 20.3 Å². The summed E-state index contributed by atoms with van der Waals surface area (Å²) < 4.78 is 10.1. The summed E-state index contributed by atoms with van der Waals surface area (Å²) in [5.41, 5.74) is 5.13. The summed E-state index contributed by atoms with van der Waals surface area (Å²) in [5, 5.41) is 30.8. The third-order valence-corrected chi connectivity index (χ3v) is 2.63. The number of carbonyl (C=O) groups is 1. The maximum Gasteiger partial charge on any atom is 0.234 e. The molecule has 0 saturated carbocycles. The van der Waals surface area contributed by atoms with Crippen LogP contribution in [-0.2, 0) is 14.3 Å². The Kier molecular flexibility index (Phi) is 5.25. The molecule has 0 bridgehead atoms. The topological polar surface area (TPSA) is 134 Å². The Bertz CT molecular complexity index is 262. The lowest BCUT2D eigenvalue weighted by Crippen LogP contribution is -2.65. The van der Waals surface area contributed by atoms with Crippen LogP contribution in [0.3, 0.4) is 0 Å². The van der Waals surface area contributed by atoms with Crippen LogP contribution in [0.5, 0.6) is 0 Å². The fourth-order valence-electron chi connectivity index (χ4n) is 1.68. The van der Waals surface area contributed by atoms with E-state index in [4.69, 9.17) is 20.3 Å². The second kappa shape index (κ2) is 6.24. The SMILES string of the molecule is CO[C@@H]1O[C@H](CO)[C@@H](O)[C@H](O)[C@H]1NC(=O)CN. The first-order valence-electron chi connectivity index (χ1n) is 5.19. The molecule has 0 radical (unpaired) electrons. The van der Waals surface area contributed by atoms with Gasteiger partial charge in [0.15, 0.2) is 6.29 Å². The maximum atomic E-state index is 11.2. The molecule has 5 atom stereocenters. The van der Waals surface area contributed by atoms with Gasteiger partial charge in [-0.05, 0) is 0 Å². The van der Waals surface area contributed by atoms with Gasteiger partial charge in [0.05, 0.1) is 13.2 Å². The van der Waals surface area contributed by atoms with Gasteiger partial charge in [-0.1, -0.05) is 0 Å². The van der Waals surface area contributed by atoms with Crippen LogP contribution in [0.25, 0.3) is 0 Å². The van der Waals surface area contributed by atoms with E-state index in [1.807, 2.05) is 0 Å². The first kappa shape index (κ1) is 14.3. The third kappa shape index (κ3) is 3.12. The Labute approximate surface area is 98.3 Å². The zero-order valence-electron chi connectivity index (χ0n) is 9.44. The van der Waals surface area contributed by atoms with Gasteiger partial charge in [-0.25, -0.2) is 0 Å². The highest BCUT2D eigenvalue weighted by atomic mass is 16.7. The van der Waals surface area contributed by atoms with E-state index in [2.05, 4.69) is 5.32 Å². The molecule has 1 rings (SSSR count). The van der Waals surface area contributed by atoms with Crippen molar-refractivity contribution in [2.24, 2.45) is 5.73 Å². The Balaban J connectivity index is 2.75. The zero-order chi connectivity index (χ0) is 13.0. The van der Waals surface area contributed by atoms with Crippen LogP contribution in [0.15, 0.2) is 0 Å². The van der Waals surface area contributed by atoms with Gasteiger partial charge in [-0.2, -0.15) is 0 Å². The van der Waals surface area contributed by atoms with Crippen LogP contribution in [-0.4, -0.2) is 72.1 Å². The molecule has 0 aromatic rings. The summed E-state index contributed by atoms with van der Waals surface area (Å²) in [6.45, 7) is -0.713. The number of rotatable bonds is 4. The van der Waals surface area contributed by atoms with E-state index in [0.29, 0.717) is 0 Å². The van der Waals surface area contributed by atoms with Gasteiger partial charge in [-0.3, -0.25) is 4.79 Å². The van der Waals surface area contributed by atoms with Crippen LogP contribution < -0.4 is 11.1 Å². The molecule has 100 valence electrons. The van der Waals surface area contributed by atoms with E-state index in [1.54, 1.807) is 0 Å². The number of nitrogens with two attached hydrogens (primary N) is 1. The molecule has 0 aromatic heterocycles. The first-order chi connectivity index (χ1) is 8.04. The van der Waals surface area contributed by atoms with Crippen molar-refractivity contribution in [3.8, 4) is 0 Å². The molecular weight excluding hydrogens is 232 g/mol. The average molecular weight is 250 g/mol. The number of aliphatic hydroxyl groups excluding tert-OH is 3. The minimum Gasteiger partial charge on any atom is -0.394 e. The maximum absolute atomic E-state index is 11.2. The number of nitrogens with one attached hydrogen (secondary N) is 1. The van der Waals surface area contributed by atoms with Crippen LogP contribution >= 0.6 is 0 Å². The summed E-state index contributed by atoms with van der Waals surface area (Å²) in [5.74, 6) is -0.505. The molecule has 0 spiro atoms. The van der Waals surface area contributed by atoms with Crippen molar-refractivity contribution in [3.63, 3.8) is 0 Å². The van der Waals surface area contributed by atoms with Crippen LogP contribution in [0.2, 0.25) is 0 Å². The standard InChI is InChI=1S/C9H18N2O6/c1-16-9-6(11-5(13)2-10)8(15)7(14)4(3-12)17-9/h4,6-9,12,14-15H,2-3,10H2,1H3,(H,11,13)/t4-,6-,7-,8-,9-/m1/s1. The van der Waals surface area contributed by atoms with E-state index in [1.165, 1.54) is 7.11 Å². The highest BCUT2D eigenvalue weighted by Gasteiger charge is 2.44. The van der Waals surface area contributed by atoms with E-state index in [9.17, 15) is 15.0 Å². The van der Waals surface area contributed by atoms with Crippen molar-refractivity contribution < 1.29 is 29.6 Å². The predicted octanol–water partition coefficient (Wildman–Crippen LogP) is -3.48. The molecule has 17 heavy (non-hydrogen) atoms. The summed E-state index contributed by atoms with van der Waals surface area (Å²) >= 11 is 0. The first-order valence-corrected chi connectivity index (χ1v) is 5.19. The number of aliphatic hydroxyl groups is 3. The minimum atomic E-state index is -1.31. The normalized spacial score (nSPS) is 37.8. The minimum absolute atomic E-state index is 0.251. The molecule has 1 heterocycles. The lowest BCUT2D eigenvalue weighted by Gasteiger charge is -2.41. The lowest BCUT2D eigenvalue weighted by molar-refractivity contribution is -0.262. The smallest absolute Gasteiger partial charge is 0.234 e. The van der Waals surface area contributed by atoms with Crippen molar-refractivity contribution in [1.29, 1.82) is 0 Å². The van der Waals surface area contributed by atoms with Crippen LogP contribution in [0.1, 0.15) is 0 Å². The molecular formula is C9H18N2O6. The molecule has 0 unspecified atom stereocenters. The number of amides is 1. The molecule has 0 aliphatic carbocycles. The molecule has 0 aromatic carbocycles. The molecule has 1 aliphatic heterocycles. The average Bonchev–Trinajstić information content (AvgIpc) is 2.35. The number of ether oxygens (including phenoxy) is 2. The van der Waals surface area contributed by atoms with Crippen LogP contribution in [0.4, 0.5) is 0 Å². The van der Waals surface area contributed by atoms with Crippen molar-refractivity contribution in [3.05, 3.63) is 0 Å². The highest BCUT2D eigenvalue weighted by Crippen LogP contribution is 2.21. The number of methoxy groups -OCH3 is 1. The number of hydrogen-bond acceptors (Lipinski definition) is 7. The Morgan fingerprint density at radius 1 is 1.47 bits per heavy atom. The molecule has 1 amide bonds. The molecule has 1 saturated heterocycles. The van der Waals surface area contributed by atoms with Gasteiger partial charge in [0.2, 0.25) is 5.91 Å². The second-order valence-corrected chi connectivity index (χ2v) is 3.74. The van der Waals surface area contributed by atoms with Gasteiger partial charge < -0.3 is 35.8 Å². The summed E-state index contributed by atoms with van der Waals surface area (Å²) in [7, 11) is 1.32. The number of hydrogen-bond donors (Lipinski definition) is 5. The highest BCUT2D eigenvalue weighted by molar-refractivity contribution is 5.78. The largest absolute Gasteiger partial charge is 0.394 e. The second-order valence-electron chi connectivity index (χ2n) is 3.74. The predicted molar refractivity (Wildman–Crippen MR) is 55.8 cm³/mol. The molecule has 1 aliphatic rings. The van der Waals surface area contributed by atoms with Gasteiger partial charge in [-0.15, -0.1) is 0 Å². The summed E-state index contributed by atoms with van der Waals surface area (Å²) in [4.78, 5) is 11.2. The fourth-order valence-corrected chi connectivity index (χ4v) is 1.68. The fraction of sp³-hybridized carbons (Fsp3) is 0.889. The zero-order valence-corrected chi connectivity index (χ0v) is 9.44. The van der Waals surface area contributed by atoms with Gasteiger partial charge in [0, 0.05) is 7.11 Å². The van der Waals surface area contributed by atoms with Gasteiger partial charge in [0.25, 0.3) is 0 Å².